The van der Waals surface area contributed by atoms with Crippen molar-refractivity contribution in [2.24, 2.45) is 4.99 Å². The maximum atomic E-state index is 5.77. The van der Waals surface area contributed by atoms with Crippen molar-refractivity contribution < 1.29 is 9.47 Å². The molecule has 1 aromatic carbocycles. The summed E-state index contributed by atoms with van der Waals surface area (Å²) in [6.45, 7) is 4.09. The number of aliphatic imine (C=N–C) groups is 1. The molecule has 6 nitrogen and oxygen atoms in total. The molecular formula is C20H30N4O2. The van der Waals surface area contributed by atoms with Gasteiger partial charge < -0.3 is 25.1 Å². The van der Waals surface area contributed by atoms with Crippen molar-refractivity contribution in [3.63, 3.8) is 0 Å². The van der Waals surface area contributed by atoms with Crippen LogP contribution in [0.5, 0.6) is 0 Å². The van der Waals surface area contributed by atoms with Gasteiger partial charge in [-0.25, -0.2) is 0 Å². The Morgan fingerprint density at radius 2 is 2.12 bits per heavy atom. The van der Waals surface area contributed by atoms with Crippen molar-refractivity contribution in [3.8, 4) is 0 Å². The number of nitrogens with one attached hydrogen (secondary N) is 3. The molecule has 0 spiro atoms. The maximum absolute atomic E-state index is 5.77. The van der Waals surface area contributed by atoms with Crippen LogP contribution in [0.3, 0.4) is 0 Å². The number of H-pyrrole nitrogens is 1. The fraction of sp³-hybridized carbons (Fsp3) is 0.550. The van der Waals surface area contributed by atoms with Crippen LogP contribution in [0.15, 0.2) is 35.5 Å². The summed E-state index contributed by atoms with van der Waals surface area (Å²) in [5.41, 5.74) is 2.58. The highest BCUT2D eigenvalue weighted by molar-refractivity contribution is 5.83. The molecule has 0 amide bonds. The molecule has 0 radical (unpaired) electrons. The molecule has 3 N–H and O–H groups in total. The van der Waals surface area contributed by atoms with Crippen LogP contribution in [0, 0.1) is 0 Å². The van der Waals surface area contributed by atoms with Gasteiger partial charge in [-0.3, -0.25) is 4.99 Å². The summed E-state index contributed by atoms with van der Waals surface area (Å²) in [5.74, 6) is 0.855. The number of hydrogen-bond donors (Lipinski definition) is 3. The zero-order valence-electron chi connectivity index (χ0n) is 15.6. The molecular weight excluding hydrogens is 328 g/mol. The first kappa shape index (κ1) is 18.7. The summed E-state index contributed by atoms with van der Waals surface area (Å²) >= 11 is 0. The molecule has 0 saturated carbocycles. The lowest BCUT2D eigenvalue weighted by atomic mass is 10.1. The number of nitrogens with zero attached hydrogens (tertiary/aromatic N) is 1. The number of benzene rings is 1. The molecule has 2 aromatic rings. The molecule has 0 aliphatic carbocycles. The number of aromatic nitrogens is 1. The highest BCUT2D eigenvalue weighted by Crippen LogP contribution is 2.18. The van der Waals surface area contributed by atoms with E-state index in [1.54, 1.807) is 7.05 Å². The zero-order valence-corrected chi connectivity index (χ0v) is 15.6. The fourth-order valence-corrected chi connectivity index (χ4v) is 3.22. The molecule has 1 aromatic heterocycles. The first-order chi connectivity index (χ1) is 12.9. The van der Waals surface area contributed by atoms with Gasteiger partial charge in [-0.15, -0.1) is 0 Å². The highest BCUT2D eigenvalue weighted by Gasteiger charge is 2.15. The Labute approximate surface area is 155 Å². The molecule has 1 aliphatic rings. The van der Waals surface area contributed by atoms with Gasteiger partial charge in [-0.2, -0.15) is 0 Å². The third kappa shape index (κ3) is 5.47. The van der Waals surface area contributed by atoms with Gasteiger partial charge in [0, 0.05) is 50.5 Å². The van der Waals surface area contributed by atoms with Crippen LogP contribution in [0.1, 0.15) is 24.8 Å². The van der Waals surface area contributed by atoms with E-state index >= 15 is 0 Å². The molecule has 0 bridgehead atoms. The summed E-state index contributed by atoms with van der Waals surface area (Å²) in [5, 5.41) is 8.04. The van der Waals surface area contributed by atoms with Crippen molar-refractivity contribution in [2.75, 3.05) is 40.0 Å². The lowest BCUT2D eigenvalue weighted by Crippen LogP contribution is -2.38. The molecule has 1 fully saturated rings. The van der Waals surface area contributed by atoms with Crippen molar-refractivity contribution in [2.45, 2.75) is 31.8 Å². The first-order valence-electron chi connectivity index (χ1n) is 9.55. The van der Waals surface area contributed by atoms with E-state index in [-0.39, 0.29) is 6.10 Å². The Morgan fingerprint density at radius 3 is 2.92 bits per heavy atom. The second kappa shape index (κ2) is 10.2. The predicted molar refractivity (Wildman–Crippen MR) is 106 cm³/mol. The van der Waals surface area contributed by atoms with Gasteiger partial charge >= 0.3 is 0 Å². The van der Waals surface area contributed by atoms with Gasteiger partial charge in [0.15, 0.2) is 5.96 Å². The number of aromatic amines is 1. The molecule has 3 rings (SSSR count). The van der Waals surface area contributed by atoms with E-state index in [0.29, 0.717) is 0 Å². The summed E-state index contributed by atoms with van der Waals surface area (Å²) in [7, 11) is 1.81. The van der Waals surface area contributed by atoms with Crippen molar-refractivity contribution >= 4 is 16.9 Å². The molecule has 26 heavy (non-hydrogen) atoms. The van der Waals surface area contributed by atoms with Gasteiger partial charge in [0.1, 0.15) is 0 Å². The standard InChI is InChI=1S/C20H30N4O2/c1-21-20(23-11-5-12-26-17-9-13-25-15-17)22-10-4-6-16-14-24-19-8-3-2-7-18(16)19/h2-3,7-8,14,17,24H,4-6,9-13,15H2,1H3,(H2,21,22,23). The predicted octanol–water partition coefficient (Wildman–Crippen LogP) is 2.46. The van der Waals surface area contributed by atoms with Crippen molar-refractivity contribution in [1.82, 2.24) is 15.6 Å². The van der Waals surface area contributed by atoms with Gasteiger partial charge in [0.25, 0.3) is 0 Å². The molecule has 1 aliphatic heterocycles. The second-order valence-corrected chi connectivity index (χ2v) is 6.60. The number of rotatable bonds is 9. The third-order valence-electron chi connectivity index (χ3n) is 4.67. The minimum Gasteiger partial charge on any atom is -0.379 e. The van der Waals surface area contributed by atoms with Gasteiger partial charge in [-0.1, -0.05) is 18.2 Å². The molecule has 6 heteroatoms. The van der Waals surface area contributed by atoms with Crippen LogP contribution in [0.2, 0.25) is 0 Å². The van der Waals surface area contributed by atoms with E-state index in [2.05, 4.69) is 51.1 Å². The zero-order chi connectivity index (χ0) is 18.0. The minimum atomic E-state index is 0.289. The average Bonchev–Trinajstić information content (AvgIpc) is 3.33. The molecule has 1 saturated heterocycles. The van der Waals surface area contributed by atoms with Gasteiger partial charge in [0.2, 0.25) is 0 Å². The second-order valence-electron chi connectivity index (χ2n) is 6.60. The smallest absolute Gasteiger partial charge is 0.190 e. The van der Waals surface area contributed by atoms with E-state index in [1.165, 1.54) is 16.5 Å². The Balaban J connectivity index is 1.28. The topological polar surface area (TPSA) is 70.7 Å². The van der Waals surface area contributed by atoms with Crippen LogP contribution in [-0.4, -0.2) is 57.0 Å². The van der Waals surface area contributed by atoms with E-state index < -0.39 is 0 Å². The number of ether oxygens (including phenoxy) is 2. The first-order valence-corrected chi connectivity index (χ1v) is 9.55. The monoisotopic (exact) mass is 358 g/mol. The van der Waals surface area contributed by atoms with Crippen molar-refractivity contribution in [1.29, 1.82) is 0 Å². The van der Waals surface area contributed by atoms with Crippen LogP contribution < -0.4 is 10.6 Å². The maximum Gasteiger partial charge on any atom is 0.190 e. The normalized spacial score (nSPS) is 17.7. The van der Waals surface area contributed by atoms with E-state index in [0.717, 1.165) is 64.6 Å². The number of hydrogen-bond acceptors (Lipinski definition) is 3. The lowest BCUT2D eigenvalue weighted by Gasteiger charge is -2.13. The molecule has 142 valence electrons. The molecule has 1 atom stereocenters. The number of aryl methyl sites for hydroxylation is 1. The summed E-state index contributed by atoms with van der Waals surface area (Å²) in [4.78, 5) is 7.61. The van der Waals surface area contributed by atoms with E-state index in [1.807, 2.05) is 0 Å². The summed E-state index contributed by atoms with van der Waals surface area (Å²) < 4.78 is 11.1. The Morgan fingerprint density at radius 1 is 1.27 bits per heavy atom. The molecule has 1 unspecified atom stereocenters. The number of guanidine groups is 1. The Bertz CT molecular complexity index is 692. The fourth-order valence-electron chi connectivity index (χ4n) is 3.22. The quantitative estimate of drug-likeness (QED) is 0.366. The van der Waals surface area contributed by atoms with Crippen molar-refractivity contribution in [3.05, 3.63) is 36.0 Å². The van der Waals surface area contributed by atoms with Gasteiger partial charge in [0.05, 0.1) is 12.7 Å². The third-order valence-corrected chi connectivity index (χ3v) is 4.67. The summed E-state index contributed by atoms with van der Waals surface area (Å²) in [6, 6.07) is 8.45. The number of para-hydroxylation sites is 1. The van der Waals surface area contributed by atoms with Crippen LogP contribution in [0.4, 0.5) is 0 Å². The SMILES string of the molecule is CN=C(NCCCOC1CCOC1)NCCCc1c[nH]c2ccccc12. The largest absolute Gasteiger partial charge is 0.379 e. The Kier molecular flexibility index (Phi) is 7.34. The van der Waals surface area contributed by atoms with Crippen LogP contribution in [-0.2, 0) is 15.9 Å². The average molecular weight is 358 g/mol. The highest BCUT2D eigenvalue weighted by atomic mass is 16.5. The van der Waals surface area contributed by atoms with Gasteiger partial charge in [-0.05, 0) is 37.3 Å². The van der Waals surface area contributed by atoms with E-state index in [9.17, 15) is 0 Å². The Hall–Kier alpha value is -2.05. The van der Waals surface area contributed by atoms with Crippen LogP contribution >= 0.6 is 0 Å². The molecule has 2 heterocycles. The summed E-state index contributed by atoms with van der Waals surface area (Å²) in [6.07, 6.45) is 6.50. The van der Waals surface area contributed by atoms with E-state index in [4.69, 9.17) is 9.47 Å². The van der Waals surface area contributed by atoms with Crippen LogP contribution in [0.25, 0.3) is 10.9 Å². The lowest BCUT2D eigenvalue weighted by molar-refractivity contribution is 0.0420. The minimum absolute atomic E-state index is 0.289. The number of fused-ring (bicyclic) bond motifs is 1.